The standard InChI is InChI=1S/C16H17N3O6/c1-9(25-16(22)11-3-5-14(20)19-18-11)15(21)17-7-10-2-4-12-13(6-10)24-8-23-12/h2,4,6,9H,3,5,7-8H2,1H3,(H,17,21)(H,19,20). The van der Waals surface area contributed by atoms with Crippen LogP contribution in [0.3, 0.4) is 0 Å². The number of carbonyl (C=O) groups excluding carboxylic acids is 3. The van der Waals surface area contributed by atoms with E-state index in [1.807, 2.05) is 6.07 Å². The first-order valence-electron chi connectivity index (χ1n) is 7.75. The average Bonchev–Trinajstić information content (AvgIpc) is 3.07. The summed E-state index contributed by atoms with van der Waals surface area (Å²) in [4.78, 5) is 35.0. The van der Waals surface area contributed by atoms with Gasteiger partial charge < -0.3 is 19.5 Å². The lowest BCUT2D eigenvalue weighted by atomic mass is 10.2. The Bertz CT molecular complexity index is 745. The fourth-order valence-corrected chi connectivity index (χ4v) is 2.29. The van der Waals surface area contributed by atoms with Crippen molar-refractivity contribution in [3.8, 4) is 11.5 Å². The van der Waals surface area contributed by atoms with Crippen LogP contribution in [0, 0.1) is 0 Å². The molecule has 2 heterocycles. The van der Waals surface area contributed by atoms with Gasteiger partial charge in [0, 0.05) is 19.4 Å². The third kappa shape index (κ3) is 4.06. The van der Waals surface area contributed by atoms with Crippen LogP contribution in [0.15, 0.2) is 23.3 Å². The number of hydrazone groups is 1. The molecule has 2 aliphatic heterocycles. The minimum Gasteiger partial charge on any atom is -0.454 e. The van der Waals surface area contributed by atoms with Gasteiger partial charge in [-0.05, 0) is 24.6 Å². The first-order chi connectivity index (χ1) is 12.0. The predicted molar refractivity (Wildman–Crippen MR) is 84.8 cm³/mol. The van der Waals surface area contributed by atoms with E-state index >= 15 is 0 Å². The van der Waals surface area contributed by atoms with Crippen LogP contribution in [0.25, 0.3) is 0 Å². The number of esters is 1. The number of amides is 2. The summed E-state index contributed by atoms with van der Waals surface area (Å²) < 4.78 is 15.6. The van der Waals surface area contributed by atoms with Crippen molar-refractivity contribution in [1.82, 2.24) is 10.7 Å². The summed E-state index contributed by atoms with van der Waals surface area (Å²) in [5.74, 6) is -0.121. The normalized spacial score (nSPS) is 16.5. The molecule has 0 aliphatic carbocycles. The summed E-state index contributed by atoms with van der Waals surface area (Å²) in [6.45, 7) is 1.91. The zero-order valence-corrected chi connectivity index (χ0v) is 13.5. The molecule has 1 atom stereocenters. The lowest BCUT2D eigenvalue weighted by molar-refractivity contribution is -0.148. The molecule has 0 bridgehead atoms. The molecule has 1 unspecified atom stereocenters. The molecule has 0 spiro atoms. The molecule has 25 heavy (non-hydrogen) atoms. The summed E-state index contributed by atoms with van der Waals surface area (Å²) in [5, 5.41) is 6.32. The van der Waals surface area contributed by atoms with E-state index in [-0.39, 0.29) is 37.8 Å². The van der Waals surface area contributed by atoms with Gasteiger partial charge in [0.1, 0.15) is 5.71 Å². The Labute approximate surface area is 143 Å². The van der Waals surface area contributed by atoms with Crippen LogP contribution in [0.2, 0.25) is 0 Å². The molecule has 2 amide bonds. The highest BCUT2D eigenvalue weighted by molar-refractivity contribution is 6.37. The zero-order valence-electron chi connectivity index (χ0n) is 13.5. The number of fused-ring (bicyclic) bond motifs is 1. The first-order valence-corrected chi connectivity index (χ1v) is 7.75. The van der Waals surface area contributed by atoms with E-state index < -0.39 is 18.0 Å². The number of nitrogens with one attached hydrogen (secondary N) is 2. The van der Waals surface area contributed by atoms with Crippen LogP contribution >= 0.6 is 0 Å². The van der Waals surface area contributed by atoms with Gasteiger partial charge >= 0.3 is 5.97 Å². The van der Waals surface area contributed by atoms with Crippen LogP contribution in [0.4, 0.5) is 0 Å². The first kappa shape index (κ1) is 16.7. The van der Waals surface area contributed by atoms with Gasteiger partial charge in [0.05, 0.1) is 0 Å². The number of benzene rings is 1. The van der Waals surface area contributed by atoms with Crippen LogP contribution in [0.1, 0.15) is 25.3 Å². The fraction of sp³-hybridized carbons (Fsp3) is 0.375. The molecule has 2 aliphatic rings. The molecular weight excluding hydrogens is 330 g/mol. The summed E-state index contributed by atoms with van der Waals surface area (Å²) in [7, 11) is 0. The van der Waals surface area contributed by atoms with Gasteiger partial charge in [-0.3, -0.25) is 9.59 Å². The summed E-state index contributed by atoms with van der Waals surface area (Å²) in [6, 6.07) is 5.35. The van der Waals surface area contributed by atoms with Gasteiger partial charge in [0.25, 0.3) is 5.91 Å². The molecule has 0 fully saturated rings. The van der Waals surface area contributed by atoms with E-state index in [2.05, 4.69) is 15.8 Å². The monoisotopic (exact) mass is 347 g/mol. The fourth-order valence-electron chi connectivity index (χ4n) is 2.29. The van der Waals surface area contributed by atoms with Crippen molar-refractivity contribution < 1.29 is 28.6 Å². The van der Waals surface area contributed by atoms with Crippen molar-refractivity contribution in [1.29, 1.82) is 0 Å². The van der Waals surface area contributed by atoms with E-state index in [9.17, 15) is 14.4 Å². The van der Waals surface area contributed by atoms with E-state index in [4.69, 9.17) is 14.2 Å². The molecule has 9 nitrogen and oxygen atoms in total. The van der Waals surface area contributed by atoms with Gasteiger partial charge in [-0.1, -0.05) is 6.07 Å². The third-order valence-corrected chi connectivity index (χ3v) is 3.70. The predicted octanol–water partition coefficient (Wildman–Crippen LogP) is 0.229. The van der Waals surface area contributed by atoms with Crippen molar-refractivity contribution in [3.05, 3.63) is 23.8 Å². The van der Waals surface area contributed by atoms with Gasteiger partial charge in [0.15, 0.2) is 17.6 Å². The van der Waals surface area contributed by atoms with Crippen molar-refractivity contribution in [2.45, 2.75) is 32.4 Å². The van der Waals surface area contributed by atoms with E-state index in [0.717, 1.165) is 5.56 Å². The van der Waals surface area contributed by atoms with Gasteiger partial charge in [-0.25, -0.2) is 10.2 Å². The Kier molecular flexibility index (Phi) is 4.82. The van der Waals surface area contributed by atoms with Crippen LogP contribution < -0.4 is 20.2 Å². The van der Waals surface area contributed by atoms with Crippen LogP contribution in [0.5, 0.6) is 11.5 Å². The van der Waals surface area contributed by atoms with Crippen molar-refractivity contribution >= 4 is 23.5 Å². The molecule has 132 valence electrons. The molecule has 1 aromatic rings. The SMILES string of the molecule is CC(OC(=O)C1=NNC(=O)CC1)C(=O)NCc1ccc2c(c1)OCO2. The number of hydrogen-bond donors (Lipinski definition) is 2. The van der Waals surface area contributed by atoms with Gasteiger partial charge in [-0.15, -0.1) is 0 Å². The third-order valence-electron chi connectivity index (χ3n) is 3.70. The van der Waals surface area contributed by atoms with E-state index in [1.54, 1.807) is 12.1 Å². The maximum Gasteiger partial charge on any atom is 0.355 e. The minimum atomic E-state index is -0.984. The highest BCUT2D eigenvalue weighted by Gasteiger charge is 2.24. The molecule has 0 radical (unpaired) electrons. The average molecular weight is 347 g/mol. The van der Waals surface area contributed by atoms with Crippen molar-refractivity contribution in [2.24, 2.45) is 5.10 Å². The Morgan fingerprint density at radius 3 is 2.88 bits per heavy atom. The molecule has 3 rings (SSSR count). The van der Waals surface area contributed by atoms with E-state index in [1.165, 1.54) is 6.92 Å². The van der Waals surface area contributed by atoms with Crippen molar-refractivity contribution in [2.75, 3.05) is 6.79 Å². The maximum absolute atomic E-state index is 12.1. The lowest BCUT2D eigenvalue weighted by Gasteiger charge is -2.16. The zero-order chi connectivity index (χ0) is 17.8. The van der Waals surface area contributed by atoms with Gasteiger partial charge in [0.2, 0.25) is 12.7 Å². The van der Waals surface area contributed by atoms with Crippen LogP contribution in [-0.4, -0.2) is 36.4 Å². The molecule has 9 heteroatoms. The second-order valence-electron chi connectivity index (χ2n) is 5.55. The molecule has 2 N–H and O–H groups in total. The number of ether oxygens (including phenoxy) is 3. The topological polar surface area (TPSA) is 115 Å². The van der Waals surface area contributed by atoms with Crippen molar-refractivity contribution in [3.63, 3.8) is 0 Å². The summed E-state index contributed by atoms with van der Waals surface area (Å²) in [6.07, 6.45) is -0.628. The molecule has 0 saturated heterocycles. The minimum absolute atomic E-state index is 0.0926. The molecular formula is C16H17N3O6. The number of rotatable bonds is 5. The highest BCUT2D eigenvalue weighted by Crippen LogP contribution is 2.32. The number of carbonyl (C=O) groups is 3. The largest absolute Gasteiger partial charge is 0.454 e. The number of nitrogens with zero attached hydrogens (tertiary/aromatic N) is 1. The lowest BCUT2D eigenvalue weighted by Crippen LogP contribution is -2.38. The Hall–Kier alpha value is -3.10. The second-order valence-corrected chi connectivity index (χ2v) is 5.55. The maximum atomic E-state index is 12.1. The molecule has 0 aromatic heterocycles. The summed E-state index contributed by atoms with van der Waals surface area (Å²) >= 11 is 0. The quantitative estimate of drug-likeness (QED) is 0.737. The second kappa shape index (κ2) is 7.20. The Morgan fingerprint density at radius 2 is 2.12 bits per heavy atom. The Morgan fingerprint density at radius 1 is 1.32 bits per heavy atom. The molecule has 1 aromatic carbocycles. The smallest absolute Gasteiger partial charge is 0.355 e. The number of hydrogen-bond acceptors (Lipinski definition) is 7. The van der Waals surface area contributed by atoms with Crippen LogP contribution in [-0.2, 0) is 25.7 Å². The Balaban J connectivity index is 1.49. The van der Waals surface area contributed by atoms with E-state index in [0.29, 0.717) is 11.5 Å². The van der Waals surface area contributed by atoms with Gasteiger partial charge in [-0.2, -0.15) is 5.10 Å². The summed E-state index contributed by atoms with van der Waals surface area (Å²) in [5.41, 5.74) is 3.13. The highest BCUT2D eigenvalue weighted by atomic mass is 16.7. The molecule has 0 saturated carbocycles.